The maximum Gasteiger partial charge on any atom is 0.230 e. The van der Waals surface area contributed by atoms with Crippen LogP contribution in [0.4, 0.5) is 0 Å². The first-order valence-electron chi connectivity index (χ1n) is 7.27. The standard InChI is InChI=1S/C14H24N4OS/c1-14(2,3)16-12(19)9-20-13-15-11(17-18-13)8-10-6-4-5-7-10/h10H,4-9H2,1-3H3,(H,16,19)(H,15,17,18). The molecule has 2 N–H and O–H groups in total. The van der Waals surface area contributed by atoms with E-state index in [1.807, 2.05) is 20.8 Å². The molecule has 1 aromatic rings. The zero-order chi connectivity index (χ0) is 14.6. The Bertz CT molecular complexity index is 446. The number of aromatic nitrogens is 3. The minimum Gasteiger partial charge on any atom is -0.351 e. The van der Waals surface area contributed by atoms with Gasteiger partial charge in [-0.1, -0.05) is 37.4 Å². The van der Waals surface area contributed by atoms with Crippen LogP contribution in [-0.4, -0.2) is 32.4 Å². The summed E-state index contributed by atoms with van der Waals surface area (Å²) in [5.74, 6) is 2.09. The molecule has 0 unspecified atom stereocenters. The highest BCUT2D eigenvalue weighted by Crippen LogP contribution is 2.27. The van der Waals surface area contributed by atoms with Crippen LogP contribution in [0.25, 0.3) is 0 Å². The van der Waals surface area contributed by atoms with E-state index in [0.29, 0.717) is 10.9 Å². The van der Waals surface area contributed by atoms with E-state index in [1.165, 1.54) is 37.4 Å². The molecule has 1 aliphatic rings. The number of nitrogens with one attached hydrogen (secondary N) is 2. The van der Waals surface area contributed by atoms with Gasteiger partial charge in [-0.05, 0) is 26.7 Å². The Morgan fingerprint density at radius 2 is 2.10 bits per heavy atom. The molecule has 1 aliphatic carbocycles. The normalized spacial score (nSPS) is 16.6. The number of thioether (sulfide) groups is 1. The minimum atomic E-state index is -0.190. The van der Waals surface area contributed by atoms with Gasteiger partial charge in [-0.25, -0.2) is 4.98 Å². The lowest BCUT2D eigenvalue weighted by Crippen LogP contribution is -2.41. The Balaban J connectivity index is 1.76. The molecule has 6 heteroatoms. The van der Waals surface area contributed by atoms with Crippen molar-refractivity contribution in [2.45, 2.75) is 63.6 Å². The summed E-state index contributed by atoms with van der Waals surface area (Å²) < 4.78 is 0. The zero-order valence-corrected chi connectivity index (χ0v) is 13.3. The third kappa shape index (κ3) is 5.15. The van der Waals surface area contributed by atoms with E-state index in [1.54, 1.807) is 0 Å². The van der Waals surface area contributed by atoms with Crippen LogP contribution in [0.1, 0.15) is 52.3 Å². The number of hydrogen-bond acceptors (Lipinski definition) is 4. The number of nitrogens with zero attached hydrogens (tertiary/aromatic N) is 2. The summed E-state index contributed by atoms with van der Waals surface area (Å²) in [4.78, 5) is 16.2. The summed E-state index contributed by atoms with van der Waals surface area (Å²) >= 11 is 1.38. The van der Waals surface area contributed by atoms with Gasteiger partial charge < -0.3 is 5.32 Å². The number of aromatic amines is 1. The molecule has 0 aromatic carbocycles. The Morgan fingerprint density at radius 1 is 1.40 bits per heavy atom. The van der Waals surface area contributed by atoms with E-state index < -0.39 is 0 Å². The molecular weight excluding hydrogens is 272 g/mol. The first kappa shape index (κ1) is 15.4. The molecular formula is C14H24N4OS. The molecule has 0 atom stereocenters. The van der Waals surface area contributed by atoms with Gasteiger partial charge in [-0.15, -0.1) is 5.10 Å². The van der Waals surface area contributed by atoms with Crippen LogP contribution < -0.4 is 5.32 Å². The van der Waals surface area contributed by atoms with Gasteiger partial charge in [-0.3, -0.25) is 9.89 Å². The molecule has 2 rings (SSSR count). The molecule has 0 aliphatic heterocycles. The largest absolute Gasteiger partial charge is 0.351 e. The molecule has 5 nitrogen and oxygen atoms in total. The average Bonchev–Trinajstić information content (AvgIpc) is 2.96. The Kier molecular flexibility index (Phi) is 5.07. The number of carbonyl (C=O) groups is 1. The van der Waals surface area contributed by atoms with Crippen molar-refractivity contribution in [2.24, 2.45) is 5.92 Å². The van der Waals surface area contributed by atoms with Crippen LogP contribution in [0, 0.1) is 5.92 Å². The first-order valence-corrected chi connectivity index (χ1v) is 8.26. The van der Waals surface area contributed by atoms with E-state index >= 15 is 0 Å². The highest BCUT2D eigenvalue weighted by atomic mass is 32.2. The van der Waals surface area contributed by atoms with Gasteiger partial charge in [0, 0.05) is 12.0 Å². The van der Waals surface area contributed by atoms with Crippen molar-refractivity contribution in [3.63, 3.8) is 0 Å². The third-order valence-corrected chi connectivity index (χ3v) is 4.16. The van der Waals surface area contributed by atoms with Crippen LogP contribution >= 0.6 is 11.8 Å². The first-order chi connectivity index (χ1) is 9.42. The quantitative estimate of drug-likeness (QED) is 0.819. The lowest BCUT2D eigenvalue weighted by molar-refractivity contribution is -0.119. The van der Waals surface area contributed by atoms with Gasteiger partial charge in [0.05, 0.1) is 5.75 Å². The maximum absolute atomic E-state index is 11.7. The zero-order valence-electron chi connectivity index (χ0n) is 12.5. The minimum absolute atomic E-state index is 0.0182. The molecule has 1 heterocycles. The monoisotopic (exact) mass is 296 g/mol. The van der Waals surface area contributed by atoms with Crippen molar-refractivity contribution in [1.82, 2.24) is 20.5 Å². The molecule has 1 amide bonds. The smallest absolute Gasteiger partial charge is 0.230 e. The summed E-state index contributed by atoms with van der Waals surface area (Å²) in [5.41, 5.74) is -0.190. The van der Waals surface area contributed by atoms with Crippen molar-refractivity contribution >= 4 is 17.7 Å². The third-order valence-electron chi connectivity index (χ3n) is 3.31. The van der Waals surface area contributed by atoms with E-state index in [-0.39, 0.29) is 11.4 Å². The fourth-order valence-electron chi connectivity index (χ4n) is 2.51. The number of amides is 1. The van der Waals surface area contributed by atoms with E-state index in [9.17, 15) is 4.79 Å². The number of hydrogen-bond donors (Lipinski definition) is 2. The van der Waals surface area contributed by atoms with Crippen LogP contribution in [0.15, 0.2) is 5.16 Å². The molecule has 1 saturated carbocycles. The Hall–Kier alpha value is -1.04. The van der Waals surface area contributed by atoms with Gasteiger partial charge in [-0.2, -0.15) is 0 Å². The second-order valence-corrected chi connectivity index (χ2v) is 7.45. The summed E-state index contributed by atoms with van der Waals surface area (Å²) in [6.07, 6.45) is 6.27. The second kappa shape index (κ2) is 6.61. The van der Waals surface area contributed by atoms with E-state index in [4.69, 9.17) is 0 Å². The van der Waals surface area contributed by atoms with E-state index in [2.05, 4.69) is 20.5 Å². The summed E-state index contributed by atoms with van der Waals surface area (Å²) in [7, 11) is 0. The Morgan fingerprint density at radius 3 is 2.75 bits per heavy atom. The molecule has 0 radical (unpaired) electrons. The molecule has 0 saturated heterocycles. The van der Waals surface area contributed by atoms with Gasteiger partial charge in [0.25, 0.3) is 0 Å². The highest BCUT2D eigenvalue weighted by molar-refractivity contribution is 7.99. The second-order valence-electron chi connectivity index (χ2n) is 6.51. The van der Waals surface area contributed by atoms with Crippen molar-refractivity contribution in [3.8, 4) is 0 Å². The maximum atomic E-state index is 11.7. The molecule has 0 spiro atoms. The fraction of sp³-hybridized carbons (Fsp3) is 0.786. The van der Waals surface area contributed by atoms with Crippen molar-refractivity contribution in [1.29, 1.82) is 0 Å². The molecule has 1 fully saturated rings. The lowest BCUT2D eigenvalue weighted by atomic mass is 10.0. The van der Waals surface area contributed by atoms with Crippen LogP contribution in [0.2, 0.25) is 0 Å². The van der Waals surface area contributed by atoms with Crippen molar-refractivity contribution in [2.75, 3.05) is 5.75 Å². The van der Waals surface area contributed by atoms with Crippen LogP contribution in [0.5, 0.6) is 0 Å². The lowest BCUT2D eigenvalue weighted by Gasteiger charge is -2.19. The summed E-state index contributed by atoms with van der Waals surface area (Å²) in [6, 6.07) is 0. The van der Waals surface area contributed by atoms with Gasteiger partial charge in [0.2, 0.25) is 11.1 Å². The van der Waals surface area contributed by atoms with E-state index in [0.717, 1.165) is 18.2 Å². The van der Waals surface area contributed by atoms with Gasteiger partial charge >= 0.3 is 0 Å². The van der Waals surface area contributed by atoms with Crippen molar-refractivity contribution in [3.05, 3.63) is 5.82 Å². The molecule has 0 bridgehead atoms. The number of H-pyrrole nitrogens is 1. The van der Waals surface area contributed by atoms with Gasteiger partial charge in [0.1, 0.15) is 5.82 Å². The average molecular weight is 296 g/mol. The SMILES string of the molecule is CC(C)(C)NC(=O)CSc1n[nH]c(CC2CCCC2)n1. The summed E-state index contributed by atoms with van der Waals surface area (Å²) in [6.45, 7) is 5.92. The summed E-state index contributed by atoms with van der Waals surface area (Å²) in [5, 5.41) is 10.8. The topological polar surface area (TPSA) is 70.7 Å². The van der Waals surface area contributed by atoms with Crippen LogP contribution in [-0.2, 0) is 11.2 Å². The Labute approximate surface area is 124 Å². The number of rotatable bonds is 5. The molecule has 112 valence electrons. The molecule has 20 heavy (non-hydrogen) atoms. The predicted molar refractivity (Wildman–Crippen MR) is 80.7 cm³/mol. The highest BCUT2D eigenvalue weighted by Gasteiger charge is 2.18. The predicted octanol–water partition coefficient (Wildman–Crippen LogP) is 2.54. The number of carbonyl (C=O) groups excluding carboxylic acids is 1. The van der Waals surface area contributed by atoms with Crippen molar-refractivity contribution < 1.29 is 4.79 Å². The van der Waals surface area contributed by atoms with Crippen LogP contribution in [0.3, 0.4) is 0 Å². The van der Waals surface area contributed by atoms with Gasteiger partial charge in [0.15, 0.2) is 0 Å². The fourth-order valence-corrected chi connectivity index (χ4v) is 3.12. The molecule has 1 aromatic heterocycles.